The van der Waals surface area contributed by atoms with Crippen molar-refractivity contribution in [3.63, 3.8) is 0 Å². The quantitative estimate of drug-likeness (QED) is 0.343. The third kappa shape index (κ3) is 6.42. The minimum absolute atomic E-state index is 0.0272. The van der Waals surface area contributed by atoms with Crippen molar-refractivity contribution in [1.82, 2.24) is 25.0 Å². The number of benzene rings is 2. The number of alkyl halides is 3. The van der Waals surface area contributed by atoms with Crippen LogP contribution in [0, 0.1) is 0 Å². The number of ether oxygens (including phenoxy) is 2. The first-order valence-corrected chi connectivity index (χ1v) is 11.4. The van der Waals surface area contributed by atoms with Gasteiger partial charge in [0.2, 0.25) is 17.2 Å². The van der Waals surface area contributed by atoms with Crippen LogP contribution in [0.1, 0.15) is 28.7 Å². The molecule has 1 N–H and O–H groups in total. The summed E-state index contributed by atoms with van der Waals surface area (Å²) in [4.78, 5) is 28.6. The number of halogens is 4. The van der Waals surface area contributed by atoms with Crippen molar-refractivity contribution in [2.45, 2.75) is 19.6 Å². The average Bonchev–Trinajstić information content (AvgIpc) is 2.88. The number of hydrogen-bond donors (Lipinski definition) is 1. The lowest BCUT2D eigenvalue weighted by Gasteiger charge is -2.11. The number of H-pyrrole nitrogens is 1. The molecule has 0 saturated heterocycles. The highest BCUT2D eigenvalue weighted by Gasteiger charge is 2.37. The average molecular weight is 547 g/mol. The van der Waals surface area contributed by atoms with Crippen molar-refractivity contribution >= 4 is 23.3 Å². The van der Waals surface area contributed by atoms with Gasteiger partial charge in [-0.25, -0.2) is 14.9 Å². The maximum Gasteiger partial charge on any atom is 0.440 e. The van der Waals surface area contributed by atoms with Crippen LogP contribution in [0.4, 0.5) is 18.9 Å². The summed E-state index contributed by atoms with van der Waals surface area (Å²) in [6, 6.07) is 15.2. The second-order valence-corrected chi connectivity index (χ2v) is 8.03. The number of nitrogens with one attached hydrogen (secondary N) is 1. The molecule has 0 aliphatic carbocycles. The van der Waals surface area contributed by atoms with Gasteiger partial charge in [0.05, 0.1) is 18.8 Å². The van der Waals surface area contributed by atoms with Gasteiger partial charge in [-0.05, 0) is 55.0 Å². The van der Waals surface area contributed by atoms with E-state index in [0.717, 1.165) is 4.57 Å². The molecule has 0 spiro atoms. The highest BCUT2D eigenvalue weighted by Crippen LogP contribution is 2.24. The molecule has 0 amide bonds. The van der Waals surface area contributed by atoms with E-state index in [1.807, 2.05) is 0 Å². The normalized spacial score (nSPS) is 11.9. The standard InChI is InChI=1S/C24H18ClF3N6O4/c1-2-37-22(36)18-11-12-19(31-30-18)38-17-9-7-16(8-10-17)29-23-33-32-20(24(26,27)28)21(35)34(23)13-14-3-5-15(25)6-4-14/h3-12H,2,13H2,1H3,(H,29,33). The van der Waals surface area contributed by atoms with Gasteiger partial charge in [0, 0.05) is 11.1 Å². The molecule has 10 nitrogen and oxygen atoms in total. The van der Waals surface area contributed by atoms with E-state index < -0.39 is 23.4 Å². The molecule has 2 aromatic heterocycles. The zero-order valence-corrected chi connectivity index (χ0v) is 20.3. The Morgan fingerprint density at radius 1 is 1.05 bits per heavy atom. The molecular formula is C24H18ClF3N6O4. The summed E-state index contributed by atoms with van der Waals surface area (Å²) in [6.07, 6.45) is -4.95. The number of carbonyl (C=O) groups is 1. The van der Waals surface area contributed by atoms with Crippen molar-refractivity contribution < 1.29 is 27.4 Å². The van der Waals surface area contributed by atoms with Crippen molar-refractivity contribution in [2.24, 2.45) is 4.99 Å². The maximum atomic E-state index is 13.3. The van der Waals surface area contributed by atoms with Gasteiger partial charge in [0.15, 0.2) is 5.69 Å². The second-order valence-electron chi connectivity index (χ2n) is 7.60. The van der Waals surface area contributed by atoms with Crippen LogP contribution in [-0.2, 0) is 17.5 Å². The predicted octanol–water partition coefficient (Wildman–Crippen LogP) is 4.28. The Balaban J connectivity index is 1.61. The topological polar surface area (TPSA) is 124 Å². The van der Waals surface area contributed by atoms with Gasteiger partial charge >= 0.3 is 12.1 Å². The first-order valence-electron chi connectivity index (χ1n) is 11.0. The number of aromatic nitrogens is 5. The number of rotatable bonds is 7. The molecule has 0 fully saturated rings. The molecule has 196 valence electrons. The smallest absolute Gasteiger partial charge is 0.440 e. The number of nitrogens with zero attached hydrogens (tertiary/aromatic N) is 5. The molecule has 38 heavy (non-hydrogen) atoms. The van der Waals surface area contributed by atoms with Gasteiger partial charge in [-0.3, -0.25) is 9.36 Å². The molecule has 4 aromatic rings. The first kappa shape index (κ1) is 26.5. The fraction of sp³-hybridized carbons (Fsp3) is 0.167. The second kappa shape index (κ2) is 11.3. The van der Waals surface area contributed by atoms with Gasteiger partial charge in [-0.2, -0.15) is 18.3 Å². The molecule has 2 aromatic carbocycles. The van der Waals surface area contributed by atoms with Crippen molar-refractivity contribution in [1.29, 1.82) is 0 Å². The minimum atomic E-state index is -4.95. The fourth-order valence-corrected chi connectivity index (χ4v) is 3.27. The monoisotopic (exact) mass is 546 g/mol. The Labute approximate surface area is 217 Å². The number of carbonyl (C=O) groups excluding carboxylic acids is 1. The molecule has 4 rings (SSSR count). The summed E-state index contributed by atoms with van der Waals surface area (Å²) < 4.78 is 51.2. The first-order chi connectivity index (χ1) is 18.1. The number of hydrogen-bond acceptors (Lipinski definition) is 8. The fourth-order valence-electron chi connectivity index (χ4n) is 3.15. The Morgan fingerprint density at radius 2 is 1.76 bits per heavy atom. The lowest BCUT2D eigenvalue weighted by Crippen LogP contribution is -2.41. The maximum absolute atomic E-state index is 13.3. The minimum Gasteiger partial charge on any atom is -0.461 e. The van der Waals surface area contributed by atoms with Gasteiger partial charge < -0.3 is 9.47 Å². The Hall–Kier alpha value is -4.52. The summed E-state index contributed by atoms with van der Waals surface area (Å²) in [5, 5.41) is 13.4. The molecule has 14 heteroatoms. The molecule has 0 radical (unpaired) electrons. The van der Waals surface area contributed by atoms with Crippen molar-refractivity contribution in [3.05, 3.63) is 98.6 Å². The summed E-state index contributed by atoms with van der Waals surface area (Å²) in [6.45, 7) is 1.66. The highest BCUT2D eigenvalue weighted by molar-refractivity contribution is 6.30. The summed E-state index contributed by atoms with van der Waals surface area (Å²) in [7, 11) is 0. The summed E-state index contributed by atoms with van der Waals surface area (Å²) in [5.74, 6) is -0.156. The summed E-state index contributed by atoms with van der Waals surface area (Å²) in [5.41, 5.74) is -2.30. The van der Waals surface area contributed by atoms with Crippen LogP contribution in [0.2, 0.25) is 5.02 Å². The van der Waals surface area contributed by atoms with Crippen LogP contribution in [0.15, 0.2) is 70.5 Å². The predicted molar refractivity (Wildman–Crippen MR) is 128 cm³/mol. The van der Waals surface area contributed by atoms with E-state index in [1.165, 1.54) is 36.4 Å². The van der Waals surface area contributed by atoms with Crippen molar-refractivity contribution in [2.75, 3.05) is 6.61 Å². The summed E-state index contributed by atoms with van der Waals surface area (Å²) >= 11 is 5.88. The molecule has 0 aliphatic rings. The van der Waals surface area contributed by atoms with Gasteiger partial charge in [-0.1, -0.05) is 23.7 Å². The Morgan fingerprint density at radius 3 is 2.37 bits per heavy atom. The molecule has 0 atom stereocenters. The third-order valence-corrected chi connectivity index (χ3v) is 5.16. The zero-order valence-electron chi connectivity index (χ0n) is 19.6. The number of aromatic amines is 1. The lowest BCUT2D eigenvalue weighted by molar-refractivity contribution is -0.143. The SMILES string of the molecule is CCOC(=O)c1ccc(Oc2ccc(/N=c3\[nH]nc(C(F)(F)F)c(=O)n3Cc3ccc(Cl)cc3)cc2)nn1. The Bertz CT molecular complexity index is 1550. The number of esters is 1. The van der Waals surface area contributed by atoms with Crippen LogP contribution in [-0.4, -0.2) is 37.5 Å². The van der Waals surface area contributed by atoms with Crippen LogP contribution >= 0.6 is 11.6 Å². The highest BCUT2D eigenvalue weighted by atomic mass is 35.5. The van der Waals surface area contributed by atoms with E-state index in [9.17, 15) is 22.8 Å². The molecule has 0 saturated carbocycles. The van der Waals surface area contributed by atoms with Crippen LogP contribution in [0.25, 0.3) is 0 Å². The molecule has 0 aliphatic heterocycles. The molecular weight excluding hydrogens is 529 g/mol. The van der Waals surface area contributed by atoms with E-state index in [0.29, 0.717) is 22.0 Å². The Kier molecular flexibility index (Phi) is 7.86. The van der Waals surface area contributed by atoms with Crippen LogP contribution in [0.5, 0.6) is 11.6 Å². The van der Waals surface area contributed by atoms with E-state index in [1.54, 1.807) is 31.2 Å². The van der Waals surface area contributed by atoms with E-state index in [2.05, 4.69) is 25.4 Å². The van der Waals surface area contributed by atoms with E-state index in [-0.39, 0.29) is 30.3 Å². The molecule has 0 bridgehead atoms. The van der Waals surface area contributed by atoms with E-state index in [4.69, 9.17) is 21.1 Å². The van der Waals surface area contributed by atoms with Crippen LogP contribution < -0.4 is 15.9 Å². The van der Waals surface area contributed by atoms with E-state index >= 15 is 0 Å². The van der Waals surface area contributed by atoms with Crippen molar-refractivity contribution in [3.8, 4) is 11.6 Å². The third-order valence-electron chi connectivity index (χ3n) is 4.91. The zero-order chi connectivity index (χ0) is 27.3. The molecule has 2 heterocycles. The molecule has 0 unspecified atom stereocenters. The van der Waals surface area contributed by atoms with Gasteiger partial charge in [0.25, 0.3) is 5.56 Å². The van der Waals surface area contributed by atoms with Gasteiger partial charge in [-0.15, -0.1) is 10.2 Å². The largest absolute Gasteiger partial charge is 0.461 e. The van der Waals surface area contributed by atoms with Crippen LogP contribution in [0.3, 0.4) is 0 Å². The van der Waals surface area contributed by atoms with Gasteiger partial charge in [0.1, 0.15) is 5.75 Å². The lowest BCUT2D eigenvalue weighted by atomic mass is 10.2.